The first-order valence-corrected chi connectivity index (χ1v) is 23.6. The quantitative estimate of drug-likeness (QED) is 0.0239. The number of unbranched alkanes of at least 4 members (excludes halogenated alkanes) is 20. The molecule has 0 aliphatic carbocycles. The Hall–Kier alpha value is -2.03. The van der Waals surface area contributed by atoms with Gasteiger partial charge in [0.25, 0.3) is 0 Å². The molecule has 0 aliphatic heterocycles. The van der Waals surface area contributed by atoms with E-state index in [0.29, 0.717) is 19.3 Å². The predicted molar refractivity (Wildman–Crippen MR) is 227 cm³/mol. The van der Waals surface area contributed by atoms with Crippen LogP contribution in [0.1, 0.15) is 200 Å². The lowest BCUT2D eigenvalue weighted by Gasteiger charge is -2.18. The molecule has 320 valence electrons. The van der Waals surface area contributed by atoms with Gasteiger partial charge in [-0.3, -0.25) is 14.1 Å². The number of hydrogen-bond donors (Lipinski definition) is 3. The van der Waals surface area contributed by atoms with E-state index in [1.165, 1.54) is 103 Å². The van der Waals surface area contributed by atoms with Crippen molar-refractivity contribution in [1.29, 1.82) is 0 Å². The fourth-order valence-electron chi connectivity index (χ4n) is 6.09. The first-order valence-electron chi connectivity index (χ1n) is 22.0. The monoisotopic (exact) mass is 797 g/mol. The lowest BCUT2D eigenvalue weighted by atomic mass is 10.0. The molecule has 0 rings (SSSR count). The molecule has 0 bridgehead atoms. The Morgan fingerprint density at radius 3 is 1.47 bits per heavy atom. The molecule has 0 saturated heterocycles. The number of allylic oxidation sites excluding steroid dienone is 7. The van der Waals surface area contributed by atoms with Gasteiger partial charge in [0.05, 0.1) is 12.7 Å². The van der Waals surface area contributed by atoms with Crippen LogP contribution in [0.15, 0.2) is 48.6 Å². The van der Waals surface area contributed by atoms with Crippen molar-refractivity contribution >= 4 is 19.8 Å². The van der Waals surface area contributed by atoms with Crippen LogP contribution < -0.4 is 0 Å². The molecule has 0 aromatic rings. The van der Waals surface area contributed by atoms with Crippen molar-refractivity contribution in [2.45, 2.75) is 212 Å². The summed E-state index contributed by atoms with van der Waals surface area (Å²) in [6, 6.07) is 0. The van der Waals surface area contributed by atoms with Gasteiger partial charge in [-0.1, -0.05) is 191 Å². The molecule has 9 nitrogen and oxygen atoms in total. The van der Waals surface area contributed by atoms with Crippen LogP contribution in [0.2, 0.25) is 0 Å². The van der Waals surface area contributed by atoms with Gasteiger partial charge in [-0.25, -0.2) is 4.57 Å². The lowest BCUT2D eigenvalue weighted by molar-refractivity contribution is -0.161. The second-order valence-corrected chi connectivity index (χ2v) is 16.1. The standard InChI is InChI=1S/C45H81O9P/c1-3-5-7-8-9-10-11-12-13-14-15-16-17-18-22-25-28-31-34-38-44(47)52-40-43(41-53-55(49,50)51)54-45(48)39-35-32-29-26-23-20-19-21-24-27-30-33-37-42(46)36-6-4-2/h19-20,24,26-27,29,33,37,42-43,46H,3-18,21-23,25,28,30-32,34-36,38-41H2,1-2H3,(H2,49,50,51)/b20-19-,27-24-,29-26-,37-33-/t42-,43-/m1/s1. The summed E-state index contributed by atoms with van der Waals surface area (Å²) in [6.07, 6.45) is 46.0. The van der Waals surface area contributed by atoms with Crippen molar-refractivity contribution in [2.24, 2.45) is 0 Å². The molecule has 0 aliphatic rings. The Bertz CT molecular complexity index is 1050. The second kappa shape index (κ2) is 40.2. The van der Waals surface area contributed by atoms with Crippen molar-refractivity contribution in [3.05, 3.63) is 48.6 Å². The molecule has 0 aromatic heterocycles. The van der Waals surface area contributed by atoms with Gasteiger partial charge in [-0.15, -0.1) is 0 Å². The third-order valence-corrected chi connectivity index (χ3v) is 9.91. The van der Waals surface area contributed by atoms with Crippen molar-refractivity contribution < 1.29 is 43.0 Å². The molecule has 0 aromatic carbocycles. The van der Waals surface area contributed by atoms with Crippen LogP contribution in [0.3, 0.4) is 0 Å². The third kappa shape index (κ3) is 42.9. The topological polar surface area (TPSA) is 140 Å². The number of phosphoric ester groups is 1. The van der Waals surface area contributed by atoms with Gasteiger partial charge in [0.15, 0.2) is 6.10 Å². The average Bonchev–Trinajstić information content (AvgIpc) is 3.15. The van der Waals surface area contributed by atoms with Crippen molar-refractivity contribution in [3.8, 4) is 0 Å². The molecular weight excluding hydrogens is 715 g/mol. The van der Waals surface area contributed by atoms with Gasteiger partial charge < -0.3 is 24.4 Å². The van der Waals surface area contributed by atoms with Crippen LogP contribution in [0.25, 0.3) is 0 Å². The van der Waals surface area contributed by atoms with E-state index < -0.39 is 32.5 Å². The molecule has 0 heterocycles. The van der Waals surface area contributed by atoms with E-state index in [1.54, 1.807) is 0 Å². The van der Waals surface area contributed by atoms with E-state index in [0.717, 1.165) is 51.4 Å². The highest BCUT2D eigenvalue weighted by molar-refractivity contribution is 7.46. The van der Waals surface area contributed by atoms with E-state index >= 15 is 0 Å². The lowest BCUT2D eigenvalue weighted by Crippen LogP contribution is -2.29. The van der Waals surface area contributed by atoms with Crippen LogP contribution in [0.4, 0.5) is 0 Å². The largest absolute Gasteiger partial charge is 0.469 e. The zero-order chi connectivity index (χ0) is 40.5. The number of ether oxygens (including phenoxy) is 2. The fraction of sp³-hybridized carbons (Fsp3) is 0.778. The van der Waals surface area contributed by atoms with Gasteiger partial charge in [-0.2, -0.15) is 0 Å². The zero-order valence-electron chi connectivity index (χ0n) is 34.9. The molecule has 2 atom stereocenters. The minimum absolute atomic E-state index is 0.120. The van der Waals surface area contributed by atoms with Crippen LogP contribution in [0, 0.1) is 0 Å². The highest BCUT2D eigenvalue weighted by atomic mass is 31.2. The SMILES string of the molecule is CCCCCCCCCCCCCCCCCCCCCC(=O)OC[C@H](COP(=O)(O)O)OC(=O)CCC/C=C\C/C=C\C/C=C\C/C=C\[C@H](O)CCCC. The van der Waals surface area contributed by atoms with Crippen molar-refractivity contribution in [3.63, 3.8) is 0 Å². The molecule has 0 unspecified atom stereocenters. The Kier molecular flexibility index (Phi) is 38.7. The highest BCUT2D eigenvalue weighted by Crippen LogP contribution is 2.36. The van der Waals surface area contributed by atoms with Crippen LogP contribution >= 0.6 is 7.82 Å². The molecule has 55 heavy (non-hydrogen) atoms. The third-order valence-electron chi connectivity index (χ3n) is 9.42. The summed E-state index contributed by atoms with van der Waals surface area (Å²) < 4.78 is 26.3. The average molecular weight is 797 g/mol. The summed E-state index contributed by atoms with van der Waals surface area (Å²) in [5.41, 5.74) is 0. The predicted octanol–water partition coefficient (Wildman–Crippen LogP) is 12.5. The number of phosphoric acid groups is 1. The van der Waals surface area contributed by atoms with E-state index in [2.05, 4.69) is 42.7 Å². The summed E-state index contributed by atoms with van der Waals surface area (Å²) >= 11 is 0. The number of carbonyl (C=O) groups is 2. The first kappa shape index (κ1) is 53.0. The molecule has 0 fully saturated rings. The van der Waals surface area contributed by atoms with E-state index in [-0.39, 0.29) is 25.6 Å². The number of aliphatic hydroxyl groups is 1. The summed E-state index contributed by atoms with van der Waals surface area (Å²) in [6.45, 7) is 3.50. The summed E-state index contributed by atoms with van der Waals surface area (Å²) in [5, 5.41) is 9.79. The normalized spacial score (nSPS) is 13.5. The Balaban J connectivity index is 3.99. The molecule has 10 heteroatoms. The minimum Gasteiger partial charge on any atom is -0.462 e. The van der Waals surface area contributed by atoms with Gasteiger partial charge in [0.1, 0.15) is 6.61 Å². The maximum atomic E-state index is 12.4. The molecule has 0 saturated carbocycles. The van der Waals surface area contributed by atoms with Gasteiger partial charge in [0, 0.05) is 12.8 Å². The summed E-state index contributed by atoms with van der Waals surface area (Å²) in [5.74, 6) is -0.968. The molecule has 0 amide bonds. The number of rotatable bonds is 40. The summed E-state index contributed by atoms with van der Waals surface area (Å²) in [7, 11) is -4.78. The van der Waals surface area contributed by atoms with Gasteiger partial charge in [0.2, 0.25) is 0 Å². The number of aliphatic hydroxyl groups excluding tert-OH is 1. The first-order chi connectivity index (χ1) is 26.7. The Morgan fingerprint density at radius 2 is 0.982 bits per heavy atom. The van der Waals surface area contributed by atoms with Crippen molar-refractivity contribution in [1.82, 2.24) is 0 Å². The smallest absolute Gasteiger partial charge is 0.462 e. The van der Waals surface area contributed by atoms with E-state index in [4.69, 9.17) is 19.3 Å². The van der Waals surface area contributed by atoms with Gasteiger partial charge >= 0.3 is 19.8 Å². The van der Waals surface area contributed by atoms with Gasteiger partial charge in [-0.05, 0) is 44.9 Å². The van der Waals surface area contributed by atoms with E-state index in [1.807, 2.05) is 24.3 Å². The highest BCUT2D eigenvalue weighted by Gasteiger charge is 2.22. The van der Waals surface area contributed by atoms with Crippen molar-refractivity contribution in [2.75, 3.05) is 13.2 Å². The second-order valence-electron chi connectivity index (χ2n) is 14.8. The molecule has 0 spiro atoms. The molecular formula is C45H81O9P. The number of esters is 2. The minimum atomic E-state index is -4.78. The Labute approximate surface area is 336 Å². The van der Waals surface area contributed by atoms with Crippen LogP contribution in [-0.4, -0.2) is 52.3 Å². The number of carbonyl (C=O) groups excluding carboxylic acids is 2. The van der Waals surface area contributed by atoms with Crippen LogP contribution in [0.5, 0.6) is 0 Å². The van der Waals surface area contributed by atoms with Crippen LogP contribution in [-0.2, 0) is 28.2 Å². The maximum absolute atomic E-state index is 12.4. The molecule has 3 N–H and O–H groups in total. The fourth-order valence-corrected chi connectivity index (χ4v) is 6.45. The van der Waals surface area contributed by atoms with E-state index in [9.17, 15) is 19.3 Å². The Morgan fingerprint density at radius 1 is 0.545 bits per heavy atom. The molecule has 0 radical (unpaired) electrons. The summed E-state index contributed by atoms with van der Waals surface area (Å²) in [4.78, 5) is 42.9. The maximum Gasteiger partial charge on any atom is 0.469 e. The number of hydrogen-bond acceptors (Lipinski definition) is 7. The zero-order valence-corrected chi connectivity index (χ0v) is 35.8.